The summed E-state index contributed by atoms with van der Waals surface area (Å²) in [5.74, 6) is 0. The molecule has 0 radical (unpaired) electrons. The van der Waals surface area contributed by atoms with E-state index in [9.17, 15) is 4.79 Å². The van der Waals surface area contributed by atoms with E-state index in [0.717, 1.165) is 21.3 Å². The zero-order valence-corrected chi connectivity index (χ0v) is 13.7. The van der Waals surface area contributed by atoms with Gasteiger partial charge in [0.05, 0.1) is 0 Å². The molecule has 2 amide bonds. The van der Waals surface area contributed by atoms with Crippen LogP contribution in [0.25, 0.3) is 0 Å². The van der Waals surface area contributed by atoms with E-state index in [1.165, 1.54) is 11.1 Å². The Labute approximate surface area is 133 Å². The Hall–Kier alpha value is -1.81. The Morgan fingerprint density at radius 3 is 2.14 bits per heavy atom. The first kappa shape index (κ1) is 14.1. The number of carbonyl (C=O) groups is 1. The fraction of sp³-hybridized carbons (Fsp3) is 0.235. The van der Waals surface area contributed by atoms with Crippen molar-refractivity contribution in [1.29, 1.82) is 0 Å². The molecule has 0 aromatic heterocycles. The number of carbonyl (C=O) groups excluding carboxylic acids is 1. The van der Waals surface area contributed by atoms with Gasteiger partial charge >= 0.3 is 6.03 Å². The maximum Gasteiger partial charge on any atom is 0.322 e. The number of fused-ring (bicyclic) bond motifs is 1. The quantitative estimate of drug-likeness (QED) is 0.804. The molecule has 0 unspecified atom stereocenters. The Bertz CT molecular complexity index is 664. The molecule has 2 aromatic carbocycles. The molecule has 108 valence electrons. The summed E-state index contributed by atoms with van der Waals surface area (Å²) in [4.78, 5) is 14.3. The number of nitrogens with zero attached hydrogens (tertiary/aromatic N) is 1. The van der Waals surface area contributed by atoms with E-state index in [1.54, 1.807) is 0 Å². The van der Waals surface area contributed by atoms with Crippen molar-refractivity contribution in [3.63, 3.8) is 0 Å². The lowest BCUT2D eigenvalue weighted by Gasteiger charge is -2.19. The molecule has 0 spiro atoms. The van der Waals surface area contributed by atoms with E-state index in [0.29, 0.717) is 13.1 Å². The van der Waals surface area contributed by atoms with Crippen LogP contribution in [0, 0.1) is 13.8 Å². The minimum absolute atomic E-state index is 0.0419. The van der Waals surface area contributed by atoms with Gasteiger partial charge in [-0.3, -0.25) is 0 Å². The second-order valence-corrected chi connectivity index (χ2v) is 6.39. The average molecular weight is 345 g/mol. The van der Waals surface area contributed by atoms with Crippen LogP contribution in [0.15, 0.2) is 40.9 Å². The SMILES string of the molecule is Cc1cc(Br)cc(C)c1NC(=O)N1Cc2ccccc2C1. The number of amides is 2. The monoisotopic (exact) mass is 344 g/mol. The van der Waals surface area contributed by atoms with Crippen molar-refractivity contribution < 1.29 is 4.79 Å². The first-order valence-electron chi connectivity index (χ1n) is 6.94. The van der Waals surface area contributed by atoms with E-state index in [1.807, 2.05) is 43.0 Å². The van der Waals surface area contributed by atoms with Crippen LogP contribution in [-0.4, -0.2) is 10.9 Å². The van der Waals surface area contributed by atoms with E-state index in [2.05, 4.69) is 33.4 Å². The van der Waals surface area contributed by atoms with Gasteiger partial charge in [0.15, 0.2) is 0 Å². The molecule has 0 fully saturated rings. The van der Waals surface area contributed by atoms with Crippen LogP contribution in [0.3, 0.4) is 0 Å². The first-order valence-corrected chi connectivity index (χ1v) is 7.73. The zero-order valence-electron chi connectivity index (χ0n) is 12.1. The molecule has 2 aromatic rings. The largest absolute Gasteiger partial charge is 0.322 e. The average Bonchev–Trinajstić information content (AvgIpc) is 2.86. The number of nitrogens with one attached hydrogen (secondary N) is 1. The van der Waals surface area contributed by atoms with Crippen molar-refractivity contribution in [2.24, 2.45) is 0 Å². The smallest absolute Gasteiger partial charge is 0.316 e. The summed E-state index contributed by atoms with van der Waals surface area (Å²) >= 11 is 3.48. The number of rotatable bonds is 1. The van der Waals surface area contributed by atoms with E-state index in [-0.39, 0.29) is 6.03 Å². The van der Waals surface area contributed by atoms with Gasteiger partial charge in [-0.25, -0.2) is 4.79 Å². The predicted molar refractivity (Wildman–Crippen MR) is 88.3 cm³/mol. The van der Waals surface area contributed by atoms with Crippen LogP contribution in [0.5, 0.6) is 0 Å². The number of anilines is 1. The highest BCUT2D eigenvalue weighted by Crippen LogP contribution is 2.27. The molecule has 3 rings (SSSR count). The van der Waals surface area contributed by atoms with E-state index in [4.69, 9.17) is 0 Å². The highest BCUT2D eigenvalue weighted by molar-refractivity contribution is 9.10. The Morgan fingerprint density at radius 2 is 1.62 bits per heavy atom. The summed E-state index contributed by atoms with van der Waals surface area (Å²) in [5.41, 5.74) is 5.49. The van der Waals surface area contributed by atoms with E-state index < -0.39 is 0 Å². The Morgan fingerprint density at radius 1 is 1.10 bits per heavy atom. The number of hydrogen-bond donors (Lipinski definition) is 1. The van der Waals surface area contributed by atoms with Crippen molar-refractivity contribution in [2.75, 3.05) is 5.32 Å². The number of halogens is 1. The maximum absolute atomic E-state index is 12.5. The molecule has 1 heterocycles. The van der Waals surface area contributed by atoms with Crippen LogP contribution in [0.4, 0.5) is 10.5 Å². The van der Waals surface area contributed by atoms with Crippen LogP contribution >= 0.6 is 15.9 Å². The lowest BCUT2D eigenvalue weighted by Crippen LogP contribution is -2.30. The number of hydrogen-bond acceptors (Lipinski definition) is 1. The Balaban J connectivity index is 1.77. The van der Waals surface area contributed by atoms with E-state index >= 15 is 0 Å². The molecule has 1 aliphatic rings. The van der Waals surface area contributed by atoms with Crippen LogP contribution < -0.4 is 5.32 Å². The summed E-state index contributed by atoms with van der Waals surface area (Å²) in [6.07, 6.45) is 0. The van der Waals surface area contributed by atoms with Gasteiger partial charge < -0.3 is 10.2 Å². The molecular formula is C17H17BrN2O. The maximum atomic E-state index is 12.5. The standard InChI is InChI=1S/C17H17BrN2O/c1-11-7-15(18)8-12(2)16(11)19-17(21)20-9-13-5-3-4-6-14(13)10-20/h3-8H,9-10H2,1-2H3,(H,19,21). The van der Waals surface area contributed by atoms with Gasteiger partial charge in [-0.05, 0) is 48.2 Å². The molecule has 0 bridgehead atoms. The lowest BCUT2D eigenvalue weighted by atomic mass is 10.1. The number of benzene rings is 2. The predicted octanol–water partition coefficient (Wildman–Crippen LogP) is 4.61. The molecule has 4 heteroatoms. The lowest BCUT2D eigenvalue weighted by molar-refractivity contribution is 0.212. The normalized spacial score (nSPS) is 13.2. The van der Waals surface area contributed by atoms with Gasteiger partial charge in [0.25, 0.3) is 0 Å². The molecule has 0 saturated carbocycles. The van der Waals surface area contributed by atoms with Crippen LogP contribution in [0.1, 0.15) is 22.3 Å². The van der Waals surface area contributed by atoms with Crippen LogP contribution in [-0.2, 0) is 13.1 Å². The molecule has 21 heavy (non-hydrogen) atoms. The molecule has 0 aliphatic carbocycles. The highest BCUT2D eigenvalue weighted by atomic mass is 79.9. The summed E-state index contributed by atoms with van der Waals surface area (Å²) in [5, 5.41) is 3.05. The first-order chi connectivity index (χ1) is 10.0. The van der Waals surface area contributed by atoms with Crippen molar-refractivity contribution in [3.8, 4) is 0 Å². The van der Waals surface area contributed by atoms with Crippen molar-refractivity contribution in [1.82, 2.24) is 4.90 Å². The third-order valence-electron chi connectivity index (χ3n) is 3.86. The summed E-state index contributed by atoms with van der Waals surface area (Å²) in [6, 6.07) is 12.2. The molecule has 1 N–H and O–H groups in total. The van der Waals surface area contributed by atoms with Gasteiger partial charge in [-0.2, -0.15) is 0 Å². The Kier molecular flexibility index (Phi) is 3.72. The van der Waals surface area contributed by atoms with Gasteiger partial charge in [0.1, 0.15) is 0 Å². The molecule has 0 saturated heterocycles. The third-order valence-corrected chi connectivity index (χ3v) is 4.32. The number of urea groups is 1. The highest BCUT2D eigenvalue weighted by Gasteiger charge is 2.23. The molecular weight excluding hydrogens is 328 g/mol. The van der Waals surface area contributed by atoms with Gasteiger partial charge in [0.2, 0.25) is 0 Å². The molecule has 1 aliphatic heterocycles. The molecule has 3 nitrogen and oxygen atoms in total. The van der Waals surface area contributed by atoms with Crippen LogP contribution in [0.2, 0.25) is 0 Å². The van der Waals surface area contributed by atoms with Crippen molar-refractivity contribution >= 4 is 27.6 Å². The van der Waals surface area contributed by atoms with Crippen molar-refractivity contribution in [2.45, 2.75) is 26.9 Å². The summed E-state index contributed by atoms with van der Waals surface area (Å²) in [7, 11) is 0. The summed E-state index contributed by atoms with van der Waals surface area (Å²) in [6.45, 7) is 5.37. The minimum atomic E-state index is -0.0419. The van der Waals surface area contributed by atoms with Gasteiger partial charge in [-0.15, -0.1) is 0 Å². The topological polar surface area (TPSA) is 32.3 Å². The number of aryl methyl sites for hydroxylation is 2. The van der Waals surface area contributed by atoms with Gasteiger partial charge in [-0.1, -0.05) is 40.2 Å². The van der Waals surface area contributed by atoms with Crippen molar-refractivity contribution in [3.05, 3.63) is 63.1 Å². The summed E-state index contributed by atoms with van der Waals surface area (Å²) < 4.78 is 1.03. The van der Waals surface area contributed by atoms with Gasteiger partial charge in [0, 0.05) is 23.2 Å². The third kappa shape index (κ3) is 2.81. The fourth-order valence-electron chi connectivity index (χ4n) is 2.77. The molecule has 0 atom stereocenters. The second-order valence-electron chi connectivity index (χ2n) is 5.47. The zero-order chi connectivity index (χ0) is 15.0. The second kappa shape index (κ2) is 5.53. The minimum Gasteiger partial charge on any atom is -0.316 e. The fourth-order valence-corrected chi connectivity index (χ4v) is 3.46.